The number of carbonyl (C=O) groups excluding carboxylic acids is 1. The van der Waals surface area contributed by atoms with Gasteiger partial charge in [0, 0.05) is 38.0 Å². The molecule has 136 valence electrons. The Morgan fingerprint density at radius 2 is 2.15 bits per heavy atom. The van der Waals surface area contributed by atoms with E-state index in [0.29, 0.717) is 17.4 Å². The minimum atomic E-state index is 0.0397. The number of thiazole rings is 1. The topological polar surface area (TPSA) is 75.4 Å². The monoisotopic (exact) mass is 389 g/mol. The van der Waals surface area contributed by atoms with Crippen molar-refractivity contribution in [3.05, 3.63) is 40.0 Å². The first-order valence-corrected chi connectivity index (χ1v) is 10.4. The lowest BCUT2D eigenvalue weighted by Crippen LogP contribution is -2.48. The zero-order valence-electron chi connectivity index (χ0n) is 14.2. The molecule has 1 amide bonds. The minimum Gasteiger partial charge on any atom is -0.339 e. The van der Waals surface area contributed by atoms with Gasteiger partial charge in [-0.25, -0.2) is 4.98 Å². The molecule has 1 aliphatic rings. The maximum Gasteiger partial charge on any atom is 0.273 e. The van der Waals surface area contributed by atoms with Gasteiger partial charge in [0.1, 0.15) is 5.69 Å². The van der Waals surface area contributed by atoms with Crippen molar-refractivity contribution in [2.45, 2.75) is 12.8 Å². The number of hydrogen-bond acceptors (Lipinski definition) is 8. The van der Waals surface area contributed by atoms with Crippen LogP contribution in [0.1, 0.15) is 22.8 Å². The van der Waals surface area contributed by atoms with Crippen LogP contribution in [-0.4, -0.2) is 63.6 Å². The molecule has 0 saturated carbocycles. The molecule has 0 aromatic carbocycles. The predicted molar refractivity (Wildman–Crippen MR) is 100 cm³/mol. The van der Waals surface area contributed by atoms with E-state index in [9.17, 15) is 4.79 Å². The third-order valence-electron chi connectivity index (χ3n) is 4.39. The molecular formula is C17H19N5O2S2. The van der Waals surface area contributed by atoms with Gasteiger partial charge in [-0.15, -0.1) is 22.7 Å². The average molecular weight is 390 g/mol. The zero-order valence-corrected chi connectivity index (χ0v) is 15.8. The fraction of sp³-hybridized carbons (Fsp3) is 0.412. The molecule has 1 saturated heterocycles. The van der Waals surface area contributed by atoms with Crippen LogP contribution in [0.2, 0.25) is 0 Å². The number of rotatable bonds is 6. The Bertz CT molecular complexity index is 823. The van der Waals surface area contributed by atoms with Crippen molar-refractivity contribution in [3.63, 3.8) is 0 Å². The van der Waals surface area contributed by atoms with Gasteiger partial charge in [0.25, 0.3) is 5.91 Å². The van der Waals surface area contributed by atoms with Gasteiger partial charge in [0.2, 0.25) is 11.7 Å². The van der Waals surface area contributed by atoms with Gasteiger partial charge in [-0.05, 0) is 24.4 Å². The van der Waals surface area contributed by atoms with Crippen LogP contribution in [0.3, 0.4) is 0 Å². The van der Waals surface area contributed by atoms with Gasteiger partial charge in [-0.2, -0.15) is 4.98 Å². The van der Waals surface area contributed by atoms with E-state index in [0.717, 1.165) is 50.4 Å². The number of amides is 1. The van der Waals surface area contributed by atoms with E-state index in [1.807, 2.05) is 27.8 Å². The highest BCUT2D eigenvalue weighted by atomic mass is 32.1. The Balaban J connectivity index is 1.20. The summed E-state index contributed by atoms with van der Waals surface area (Å²) in [4.78, 5) is 26.1. The van der Waals surface area contributed by atoms with Crippen LogP contribution in [0.4, 0.5) is 0 Å². The van der Waals surface area contributed by atoms with E-state index in [1.54, 1.807) is 16.8 Å². The number of aromatic nitrogens is 3. The van der Waals surface area contributed by atoms with Gasteiger partial charge in [-0.3, -0.25) is 9.69 Å². The van der Waals surface area contributed by atoms with E-state index >= 15 is 0 Å². The van der Waals surface area contributed by atoms with Crippen LogP contribution in [0.5, 0.6) is 0 Å². The lowest BCUT2D eigenvalue weighted by atomic mass is 10.2. The number of hydrogen-bond donors (Lipinski definition) is 0. The molecule has 0 aliphatic carbocycles. The number of piperazine rings is 1. The Morgan fingerprint density at radius 3 is 2.88 bits per heavy atom. The molecule has 1 aliphatic heterocycles. The maximum absolute atomic E-state index is 12.3. The third-order valence-corrected chi connectivity index (χ3v) is 5.84. The van der Waals surface area contributed by atoms with Crippen molar-refractivity contribution >= 4 is 28.6 Å². The van der Waals surface area contributed by atoms with E-state index in [-0.39, 0.29) is 5.91 Å². The van der Waals surface area contributed by atoms with Crippen molar-refractivity contribution in [1.29, 1.82) is 0 Å². The third kappa shape index (κ3) is 4.00. The van der Waals surface area contributed by atoms with Gasteiger partial charge in [0.15, 0.2) is 0 Å². The normalized spacial score (nSPS) is 15.5. The molecule has 0 radical (unpaired) electrons. The summed E-state index contributed by atoms with van der Waals surface area (Å²) in [7, 11) is 0. The summed E-state index contributed by atoms with van der Waals surface area (Å²) in [5.74, 6) is 1.40. The van der Waals surface area contributed by atoms with E-state index in [4.69, 9.17) is 4.52 Å². The molecule has 9 heteroatoms. The Morgan fingerprint density at radius 1 is 1.27 bits per heavy atom. The summed E-state index contributed by atoms with van der Waals surface area (Å²) >= 11 is 3.06. The standard InChI is InChI=1S/C17H19N5O2S2/c23-17(13-11-25-12-18-13)22-8-6-21(7-9-22)5-1-4-15-19-16(20-24-15)14-3-2-10-26-14/h2-3,10-12H,1,4-9H2. The molecule has 0 N–H and O–H groups in total. The smallest absolute Gasteiger partial charge is 0.273 e. The molecule has 0 unspecified atom stereocenters. The Kier molecular flexibility index (Phi) is 5.37. The van der Waals surface area contributed by atoms with E-state index in [2.05, 4.69) is 20.0 Å². The lowest BCUT2D eigenvalue weighted by molar-refractivity contribution is 0.0630. The molecule has 1 fully saturated rings. The molecule has 3 aromatic rings. The second-order valence-electron chi connectivity index (χ2n) is 6.10. The average Bonchev–Trinajstić information content (AvgIpc) is 3.43. The summed E-state index contributed by atoms with van der Waals surface area (Å²) in [6, 6.07) is 3.97. The van der Waals surface area contributed by atoms with Crippen molar-refractivity contribution in [1.82, 2.24) is 24.9 Å². The van der Waals surface area contributed by atoms with Crippen molar-refractivity contribution < 1.29 is 9.32 Å². The molecule has 0 bridgehead atoms. The quantitative estimate of drug-likeness (QED) is 0.645. The highest BCUT2D eigenvalue weighted by Gasteiger charge is 2.23. The molecule has 3 aromatic heterocycles. The summed E-state index contributed by atoms with van der Waals surface area (Å²) in [6.45, 7) is 4.24. The summed E-state index contributed by atoms with van der Waals surface area (Å²) in [5, 5.41) is 7.85. The van der Waals surface area contributed by atoms with Crippen molar-refractivity contribution in [3.8, 4) is 10.7 Å². The summed E-state index contributed by atoms with van der Waals surface area (Å²) < 4.78 is 5.34. The van der Waals surface area contributed by atoms with Crippen molar-refractivity contribution in [2.24, 2.45) is 0 Å². The Labute approximate surface area is 159 Å². The molecule has 4 rings (SSSR count). The molecule has 0 atom stereocenters. The van der Waals surface area contributed by atoms with Gasteiger partial charge >= 0.3 is 0 Å². The first kappa shape index (κ1) is 17.3. The second kappa shape index (κ2) is 8.07. The van der Waals surface area contributed by atoms with Gasteiger partial charge in [-0.1, -0.05) is 11.2 Å². The lowest BCUT2D eigenvalue weighted by Gasteiger charge is -2.34. The van der Waals surface area contributed by atoms with Crippen LogP contribution in [0.15, 0.2) is 32.9 Å². The highest BCUT2D eigenvalue weighted by Crippen LogP contribution is 2.21. The maximum atomic E-state index is 12.3. The zero-order chi connectivity index (χ0) is 17.8. The first-order valence-electron chi connectivity index (χ1n) is 8.56. The van der Waals surface area contributed by atoms with Gasteiger partial charge < -0.3 is 9.42 Å². The first-order chi connectivity index (χ1) is 12.8. The summed E-state index contributed by atoms with van der Waals surface area (Å²) in [5.41, 5.74) is 2.26. The molecular weight excluding hydrogens is 370 g/mol. The van der Waals surface area contributed by atoms with Crippen LogP contribution in [0, 0.1) is 0 Å². The SMILES string of the molecule is O=C(c1cscn1)N1CCN(CCCc2nc(-c3cccs3)no2)CC1. The van der Waals surface area contributed by atoms with Crippen LogP contribution < -0.4 is 0 Å². The number of thiophene rings is 1. The molecule has 7 nitrogen and oxygen atoms in total. The predicted octanol–water partition coefficient (Wildman–Crippen LogP) is 2.65. The van der Waals surface area contributed by atoms with Crippen LogP contribution >= 0.6 is 22.7 Å². The number of nitrogens with zero attached hydrogens (tertiary/aromatic N) is 5. The van der Waals surface area contributed by atoms with E-state index < -0.39 is 0 Å². The summed E-state index contributed by atoms with van der Waals surface area (Å²) in [6.07, 6.45) is 1.74. The number of carbonyl (C=O) groups is 1. The largest absolute Gasteiger partial charge is 0.339 e. The minimum absolute atomic E-state index is 0.0397. The molecule has 26 heavy (non-hydrogen) atoms. The van der Waals surface area contributed by atoms with Crippen molar-refractivity contribution in [2.75, 3.05) is 32.7 Å². The van der Waals surface area contributed by atoms with E-state index in [1.165, 1.54) is 11.3 Å². The second-order valence-corrected chi connectivity index (χ2v) is 7.77. The fourth-order valence-corrected chi connectivity index (χ4v) is 4.15. The number of aryl methyl sites for hydroxylation is 1. The molecule has 4 heterocycles. The Hall–Kier alpha value is -2.10. The highest BCUT2D eigenvalue weighted by molar-refractivity contribution is 7.13. The van der Waals surface area contributed by atoms with Crippen LogP contribution in [-0.2, 0) is 6.42 Å². The van der Waals surface area contributed by atoms with Crippen LogP contribution in [0.25, 0.3) is 10.7 Å². The fourth-order valence-electron chi connectivity index (χ4n) is 2.97. The molecule has 0 spiro atoms. The van der Waals surface area contributed by atoms with Gasteiger partial charge in [0.05, 0.1) is 10.4 Å².